The Hall–Kier alpha value is -3.35. The number of halogens is 1. The van der Waals surface area contributed by atoms with Gasteiger partial charge in [0.05, 0.1) is 5.52 Å². The van der Waals surface area contributed by atoms with E-state index in [0.29, 0.717) is 17.2 Å². The second-order valence-electron chi connectivity index (χ2n) is 7.31. The van der Waals surface area contributed by atoms with Gasteiger partial charge in [-0.15, -0.1) is 0 Å². The van der Waals surface area contributed by atoms with Crippen LogP contribution >= 0.6 is 0 Å². The molecule has 0 spiro atoms. The summed E-state index contributed by atoms with van der Waals surface area (Å²) >= 11 is 0. The number of pyridine rings is 1. The summed E-state index contributed by atoms with van der Waals surface area (Å²) < 4.78 is 24.4. The lowest BCUT2D eigenvalue weighted by Crippen LogP contribution is -2.38. The topological polar surface area (TPSA) is 63.7 Å². The Balaban J connectivity index is 1.26. The van der Waals surface area contributed by atoms with Gasteiger partial charge in [0.1, 0.15) is 5.82 Å². The van der Waals surface area contributed by atoms with Crippen LogP contribution in [0, 0.1) is 11.7 Å². The van der Waals surface area contributed by atoms with E-state index in [0.717, 1.165) is 42.5 Å². The molecule has 1 saturated heterocycles. The van der Waals surface area contributed by atoms with Gasteiger partial charge in [-0.05, 0) is 49.2 Å². The summed E-state index contributed by atoms with van der Waals surface area (Å²) in [7, 11) is 0. The smallest absolute Gasteiger partial charge is 0.231 e. The largest absolute Gasteiger partial charge is 0.454 e. The van der Waals surface area contributed by atoms with Crippen LogP contribution in [0.4, 0.5) is 15.8 Å². The van der Waals surface area contributed by atoms with Crippen molar-refractivity contribution in [2.45, 2.75) is 12.8 Å². The van der Waals surface area contributed by atoms with Crippen molar-refractivity contribution in [2.24, 2.45) is 5.92 Å². The summed E-state index contributed by atoms with van der Waals surface area (Å²) in [6, 6.07) is 12.0. The van der Waals surface area contributed by atoms with Gasteiger partial charge in [0.2, 0.25) is 12.7 Å². The van der Waals surface area contributed by atoms with E-state index in [-0.39, 0.29) is 24.4 Å². The Kier molecular flexibility index (Phi) is 4.42. The normalized spacial score (nSPS) is 16.2. The number of hydrogen-bond acceptors (Lipinski definition) is 5. The van der Waals surface area contributed by atoms with E-state index < -0.39 is 0 Å². The number of benzene rings is 2. The monoisotopic (exact) mass is 393 g/mol. The number of carbonyl (C=O) groups is 1. The molecule has 1 amide bonds. The van der Waals surface area contributed by atoms with Crippen molar-refractivity contribution in [3.8, 4) is 11.5 Å². The molecule has 3 aromatic rings. The number of carbonyl (C=O) groups excluding carboxylic acids is 1. The summed E-state index contributed by atoms with van der Waals surface area (Å²) in [5.41, 5.74) is 2.44. The highest BCUT2D eigenvalue weighted by Gasteiger charge is 2.26. The first kappa shape index (κ1) is 17.7. The van der Waals surface area contributed by atoms with E-state index in [1.54, 1.807) is 24.4 Å². The van der Waals surface area contributed by atoms with E-state index in [1.807, 2.05) is 12.1 Å². The van der Waals surface area contributed by atoms with E-state index >= 15 is 0 Å². The quantitative estimate of drug-likeness (QED) is 0.730. The standard InChI is InChI=1S/C22H20FN3O3/c23-15-1-3-18-17(11-15)19(5-8-24-18)26-9-6-14(7-10-26)22(27)25-16-2-4-20-21(12-16)29-13-28-20/h1-5,8,11-12,14H,6-7,9-10,13H2,(H,25,27). The first-order valence-corrected chi connectivity index (χ1v) is 9.67. The lowest BCUT2D eigenvalue weighted by molar-refractivity contribution is -0.120. The molecule has 0 saturated carbocycles. The first-order valence-electron chi connectivity index (χ1n) is 9.67. The number of anilines is 2. The highest BCUT2D eigenvalue weighted by atomic mass is 19.1. The fourth-order valence-electron chi connectivity index (χ4n) is 3.98. The van der Waals surface area contributed by atoms with Gasteiger partial charge in [-0.3, -0.25) is 9.78 Å². The van der Waals surface area contributed by atoms with Gasteiger partial charge >= 0.3 is 0 Å². The van der Waals surface area contributed by atoms with Crippen molar-refractivity contribution in [1.82, 2.24) is 4.98 Å². The molecule has 2 aliphatic rings. The van der Waals surface area contributed by atoms with Crippen molar-refractivity contribution in [2.75, 3.05) is 30.1 Å². The van der Waals surface area contributed by atoms with Gasteiger partial charge in [-0.25, -0.2) is 4.39 Å². The van der Waals surface area contributed by atoms with Crippen LogP contribution < -0.4 is 19.7 Å². The van der Waals surface area contributed by atoms with Crippen molar-refractivity contribution in [1.29, 1.82) is 0 Å². The third-order valence-electron chi connectivity index (χ3n) is 5.53. The number of hydrogen-bond donors (Lipinski definition) is 1. The number of aromatic nitrogens is 1. The molecule has 7 heteroatoms. The fraction of sp³-hybridized carbons (Fsp3) is 0.273. The van der Waals surface area contributed by atoms with Crippen LogP contribution in [0.2, 0.25) is 0 Å². The zero-order valence-electron chi connectivity index (χ0n) is 15.7. The summed E-state index contributed by atoms with van der Waals surface area (Å²) in [5.74, 6) is 1.01. The molecule has 1 fully saturated rings. The highest BCUT2D eigenvalue weighted by Crippen LogP contribution is 2.35. The lowest BCUT2D eigenvalue weighted by Gasteiger charge is -2.33. The second kappa shape index (κ2) is 7.24. The average molecular weight is 393 g/mol. The molecule has 6 nitrogen and oxygen atoms in total. The Morgan fingerprint density at radius 1 is 1.07 bits per heavy atom. The lowest BCUT2D eigenvalue weighted by atomic mass is 9.95. The molecule has 0 bridgehead atoms. The van der Waals surface area contributed by atoms with E-state index in [4.69, 9.17) is 9.47 Å². The fourth-order valence-corrected chi connectivity index (χ4v) is 3.98. The van der Waals surface area contributed by atoms with Crippen LogP contribution in [0.3, 0.4) is 0 Å². The molecule has 29 heavy (non-hydrogen) atoms. The number of rotatable bonds is 3. The molecule has 1 N–H and O–H groups in total. The predicted octanol–water partition coefficient (Wildman–Crippen LogP) is 3.96. The van der Waals surface area contributed by atoms with Gasteiger partial charge in [0.15, 0.2) is 11.5 Å². The molecule has 0 unspecified atom stereocenters. The molecular weight excluding hydrogens is 373 g/mol. The molecule has 148 valence electrons. The SMILES string of the molecule is O=C(Nc1ccc2c(c1)OCO2)C1CCN(c2ccnc3ccc(F)cc23)CC1. The van der Waals surface area contributed by atoms with E-state index in [1.165, 1.54) is 12.1 Å². The number of piperidine rings is 1. The van der Waals surface area contributed by atoms with Gasteiger partial charge < -0.3 is 19.7 Å². The molecule has 5 rings (SSSR count). The van der Waals surface area contributed by atoms with Crippen LogP contribution in [0.15, 0.2) is 48.7 Å². The third kappa shape index (κ3) is 3.44. The highest BCUT2D eigenvalue weighted by molar-refractivity contribution is 5.94. The molecule has 1 aromatic heterocycles. The van der Waals surface area contributed by atoms with Gasteiger partial charge in [-0.2, -0.15) is 0 Å². The minimum absolute atomic E-state index is 0.00847. The van der Waals surface area contributed by atoms with Crippen LogP contribution in [0.25, 0.3) is 10.9 Å². The summed E-state index contributed by atoms with van der Waals surface area (Å²) in [4.78, 5) is 19.2. The molecular formula is C22H20FN3O3. The van der Waals surface area contributed by atoms with E-state index in [9.17, 15) is 9.18 Å². The van der Waals surface area contributed by atoms with E-state index in [2.05, 4.69) is 15.2 Å². The minimum Gasteiger partial charge on any atom is -0.454 e. The van der Waals surface area contributed by atoms with Crippen molar-refractivity contribution < 1.29 is 18.7 Å². The Bertz CT molecular complexity index is 1080. The van der Waals surface area contributed by atoms with Crippen LogP contribution in [0.5, 0.6) is 11.5 Å². The van der Waals surface area contributed by atoms with Gasteiger partial charge in [0, 0.05) is 48.0 Å². The average Bonchev–Trinajstić information content (AvgIpc) is 3.21. The molecule has 0 aliphatic carbocycles. The van der Waals surface area contributed by atoms with Crippen LogP contribution in [-0.4, -0.2) is 30.8 Å². The molecule has 2 aliphatic heterocycles. The second-order valence-corrected chi connectivity index (χ2v) is 7.31. The van der Waals surface area contributed by atoms with Crippen LogP contribution in [-0.2, 0) is 4.79 Å². The maximum Gasteiger partial charge on any atom is 0.231 e. The number of nitrogens with zero attached hydrogens (tertiary/aromatic N) is 2. The third-order valence-corrected chi connectivity index (χ3v) is 5.53. The molecule has 0 atom stereocenters. The number of ether oxygens (including phenoxy) is 2. The molecule has 2 aromatic carbocycles. The van der Waals surface area contributed by atoms with Gasteiger partial charge in [-0.1, -0.05) is 0 Å². The van der Waals surface area contributed by atoms with Crippen molar-refractivity contribution >= 4 is 28.2 Å². The summed E-state index contributed by atoms with van der Waals surface area (Å²) in [6.07, 6.45) is 3.21. The summed E-state index contributed by atoms with van der Waals surface area (Å²) in [6.45, 7) is 1.67. The van der Waals surface area contributed by atoms with Crippen molar-refractivity contribution in [3.63, 3.8) is 0 Å². The number of nitrogens with one attached hydrogen (secondary N) is 1. The Labute approximate surface area is 167 Å². The molecule has 3 heterocycles. The maximum atomic E-state index is 13.7. The minimum atomic E-state index is -0.273. The zero-order valence-corrected chi connectivity index (χ0v) is 15.7. The molecule has 0 radical (unpaired) electrons. The van der Waals surface area contributed by atoms with Crippen molar-refractivity contribution in [3.05, 3.63) is 54.5 Å². The predicted molar refractivity (Wildman–Crippen MR) is 108 cm³/mol. The maximum absolute atomic E-state index is 13.7. The summed E-state index contributed by atoms with van der Waals surface area (Å²) in [5, 5.41) is 3.78. The Morgan fingerprint density at radius 2 is 1.90 bits per heavy atom. The zero-order chi connectivity index (χ0) is 19.8. The number of amides is 1. The van der Waals surface area contributed by atoms with Crippen LogP contribution in [0.1, 0.15) is 12.8 Å². The first-order chi connectivity index (χ1) is 14.2. The number of fused-ring (bicyclic) bond motifs is 2. The van der Waals surface area contributed by atoms with Gasteiger partial charge in [0.25, 0.3) is 0 Å². The Morgan fingerprint density at radius 3 is 2.76 bits per heavy atom.